The van der Waals surface area contributed by atoms with E-state index in [1.807, 2.05) is 30.3 Å². The molecule has 0 spiro atoms. The maximum Gasteiger partial charge on any atom is 0.161 e. The second-order valence-electron chi connectivity index (χ2n) is 11.1. The number of nitrogens with zero attached hydrogens (tertiary/aromatic N) is 2. The Morgan fingerprint density at radius 2 is 1.66 bits per heavy atom. The second kappa shape index (κ2) is 14.7. The summed E-state index contributed by atoms with van der Waals surface area (Å²) in [7, 11) is 1.00. The Kier molecular flexibility index (Phi) is 10.3. The maximum absolute atomic E-state index is 9.31. The van der Waals surface area contributed by atoms with Crippen molar-refractivity contribution in [2.45, 2.75) is 39.8 Å². The molecular formula is C38H40N2O4. The molecule has 6 nitrogen and oxygen atoms in total. The fourth-order valence-electron chi connectivity index (χ4n) is 5.84. The van der Waals surface area contributed by atoms with Crippen molar-refractivity contribution in [3.8, 4) is 34.4 Å². The summed E-state index contributed by atoms with van der Waals surface area (Å²) >= 11 is 0. The molecule has 0 bridgehead atoms. The highest BCUT2D eigenvalue weighted by atomic mass is 16.6. The van der Waals surface area contributed by atoms with E-state index in [-0.39, 0.29) is 0 Å². The summed E-state index contributed by atoms with van der Waals surface area (Å²) in [6, 6.07) is 26.9. The predicted octanol–water partition coefficient (Wildman–Crippen LogP) is 7.57. The molecule has 2 aliphatic heterocycles. The van der Waals surface area contributed by atoms with E-state index in [4.69, 9.17) is 19.3 Å². The van der Waals surface area contributed by atoms with E-state index in [1.165, 1.54) is 35.1 Å². The Hall–Kier alpha value is -4.57. The SMILES string of the molecule is CO.Cc1cc(/C=C/c2cccc(-c3ccc4c(c3)OCCO4)c2C)cc(OCc2cccc(C#N)c2)c1CN1CCCC1. The van der Waals surface area contributed by atoms with Crippen LogP contribution in [0.5, 0.6) is 17.2 Å². The molecule has 1 fully saturated rings. The third-order valence-corrected chi connectivity index (χ3v) is 8.17. The van der Waals surface area contributed by atoms with Crippen LogP contribution in [0.1, 0.15) is 51.8 Å². The lowest BCUT2D eigenvalue weighted by atomic mass is 9.95. The van der Waals surface area contributed by atoms with Gasteiger partial charge in [0.05, 0.1) is 11.6 Å². The molecule has 2 heterocycles. The van der Waals surface area contributed by atoms with Crippen LogP contribution in [-0.4, -0.2) is 43.4 Å². The van der Waals surface area contributed by atoms with Gasteiger partial charge in [-0.05, 0) is 109 Å². The van der Waals surface area contributed by atoms with E-state index >= 15 is 0 Å². The van der Waals surface area contributed by atoms with Crippen molar-refractivity contribution in [3.63, 3.8) is 0 Å². The molecule has 6 heteroatoms. The lowest BCUT2D eigenvalue weighted by Crippen LogP contribution is -2.19. The topological polar surface area (TPSA) is 75.0 Å². The highest BCUT2D eigenvalue weighted by Crippen LogP contribution is 2.36. The average molecular weight is 589 g/mol. The van der Waals surface area contributed by atoms with Gasteiger partial charge in [0, 0.05) is 19.2 Å². The van der Waals surface area contributed by atoms with Crippen molar-refractivity contribution in [3.05, 3.63) is 112 Å². The standard InChI is InChI=1S/C37H36N2O3.CH4O/c1-26-19-28(11-12-31-9-6-10-33(27(31)2)32-13-14-35-37(22-32)41-18-17-40-35)21-36(34(26)24-39-15-3-4-16-39)42-25-30-8-5-7-29(20-30)23-38;1-2/h5-14,19-22H,3-4,15-18,24-25H2,1-2H3;2H,1H3/b12-11+;. The largest absolute Gasteiger partial charge is 0.489 e. The molecule has 0 aliphatic carbocycles. The zero-order valence-corrected chi connectivity index (χ0v) is 25.8. The third kappa shape index (κ3) is 7.31. The molecule has 0 unspecified atom stereocenters. The highest BCUT2D eigenvalue weighted by molar-refractivity contribution is 5.78. The molecule has 1 N–H and O–H groups in total. The van der Waals surface area contributed by atoms with E-state index < -0.39 is 0 Å². The predicted molar refractivity (Wildman–Crippen MR) is 176 cm³/mol. The molecule has 0 atom stereocenters. The van der Waals surface area contributed by atoms with Crippen LogP contribution in [-0.2, 0) is 13.2 Å². The van der Waals surface area contributed by atoms with Crippen LogP contribution in [0.25, 0.3) is 23.3 Å². The first-order chi connectivity index (χ1) is 21.6. The molecule has 44 heavy (non-hydrogen) atoms. The summed E-state index contributed by atoms with van der Waals surface area (Å²) < 4.78 is 18.0. The Morgan fingerprint density at radius 3 is 2.45 bits per heavy atom. The number of likely N-dealkylation sites (tertiary alicyclic amines) is 1. The minimum atomic E-state index is 0.422. The van der Waals surface area contributed by atoms with Crippen molar-refractivity contribution in [2.75, 3.05) is 33.4 Å². The Balaban J connectivity index is 0.00000188. The summed E-state index contributed by atoms with van der Waals surface area (Å²) in [6.07, 6.45) is 6.86. The Bertz CT molecular complexity index is 1660. The van der Waals surface area contributed by atoms with Crippen LogP contribution in [0.2, 0.25) is 0 Å². The van der Waals surface area contributed by atoms with Crippen LogP contribution in [0.3, 0.4) is 0 Å². The normalized spacial score (nSPS) is 14.2. The molecule has 2 aliphatic rings. The van der Waals surface area contributed by atoms with Crippen LogP contribution in [0.4, 0.5) is 0 Å². The van der Waals surface area contributed by atoms with Crippen LogP contribution in [0, 0.1) is 25.2 Å². The second-order valence-corrected chi connectivity index (χ2v) is 11.1. The van der Waals surface area contributed by atoms with Gasteiger partial charge < -0.3 is 19.3 Å². The lowest BCUT2D eigenvalue weighted by Gasteiger charge is -2.21. The van der Waals surface area contributed by atoms with Gasteiger partial charge in [0.2, 0.25) is 0 Å². The van der Waals surface area contributed by atoms with Crippen LogP contribution >= 0.6 is 0 Å². The third-order valence-electron chi connectivity index (χ3n) is 8.17. The highest BCUT2D eigenvalue weighted by Gasteiger charge is 2.18. The monoisotopic (exact) mass is 588 g/mol. The smallest absolute Gasteiger partial charge is 0.161 e. The van der Waals surface area contributed by atoms with Gasteiger partial charge in [-0.2, -0.15) is 5.26 Å². The molecule has 4 aromatic carbocycles. The van der Waals surface area contributed by atoms with Crippen molar-refractivity contribution >= 4 is 12.2 Å². The summed E-state index contributed by atoms with van der Waals surface area (Å²) in [5, 5.41) is 16.3. The number of aryl methyl sites for hydroxylation is 1. The molecular weight excluding hydrogens is 548 g/mol. The molecule has 226 valence electrons. The van der Waals surface area contributed by atoms with Gasteiger partial charge in [0.15, 0.2) is 11.5 Å². The number of aliphatic hydroxyl groups excluding tert-OH is 1. The summed E-state index contributed by atoms with van der Waals surface area (Å²) in [4.78, 5) is 2.51. The quantitative estimate of drug-likeness (QED) is 0.214. The molecule has 0 radical (unpaired) electrons. The van der Waals surface area contributed by atoms with Crippen molar-refractivity contribution < 1.29 is 19.3 Å². The molecule has 0 amide bonds. The van der Waals surface area contributed by atoms with E-state index in [9.17, 15) is 5.26 Å². The van der Waals surface area contributed by atoms with Gasteiger partial charge in [-0.3, -0.25) is 4.90 Å². The van der Waals surface area contributed by atoms with Crippen LogP contribution < -0.4 is 14.2 Å². The van der Waals surface area contributed by atoms with Crippen molar-refractivity contribution in [1.29, 1.82) is 5.26 Å². The molecule has 0 aromatic heterocycles. The Morgan fingerprint density at radius 1 is 0.886 bits per heavy atom. The number of ether oxygens (including phenoxy) is 3. The first-order valence-electron chi connectivity index (χ1n) is 15.2. The van der Waals surface area contributed by atoms with Gasteiger partial charge >= 0.3 is 0 Å². The van der Waals surface area contributed by atoms with Gasteiger partial charge in [-0.1, -0.05) is 54.6 Å². The van der Waals surface area contributed by atoms with E-state index in [2.05, 4.69) is 79.4 Å². The number of aliphatic hydroxyl groups is 1. The van der Waals surface area contributed by atoms with E-state index in [0.29, 0.717) is 25.4 Å². The van der Waals surface area contributed by atoms with Crippen molar-refractivity contribution in [1.82, 2.24) is 4.90 Å². The zero-order valence-electron chi connectivity index (χ0n) is 25.8. The zero-order chi connectivity index (χ0) is 30.9. The summed E-state index contributed by atoms with van der Waals surface area (Å²) in [5.41, 5.74) is 9.87. The number of benzene rings is 4. The summed E-state index contributed by atoms with van der Waals surface area (Å²) in [6.45, 7) is 9.08. The molecule has 1 saturated heterocycles. The minimum absolute atomic E-state index is 0.422. The first-order valence-corrected chi connectivity index (χ1v) is 15.2. The molecule has 4 aromatic rings. The molecule has 0 saturated carbocycles. The average Bonchev–Trinajstić information content (AvgIpc) is 3.59. The maximum atomic E-state index is 9.31. The van der Waals surface area contributed by atoms with Crippen molar-refractivity contribution in [2.24, 2.45) is 0 Å². The van der Waals surface area contributed by atoms with Gasteiger partial charge in [-0.15, -0.1) is 0 Å². The first kappa shape index (κ1) is 30.9. The summed E-state index contributed by atoms with van der Waals surface area (Å²) in [5.74, 6) is 2.51. The number of fused-ring (bicyclic) bond motifs is 1. The Labute approximate surface area is 260 Å². The van der Waals surface area contributed by atoms with E-state index in [1.54, 1.807) is 0 Å². The lowest BCUT2D eigenvalue weighted by molar-refractivity contribution is 0.171. The van der Waals surface area contributed by atoms with Gasteiger partial charge in [-0.25, -0.2) is 0 Å². The number of hydrogen-bond donors (Lipinski definition) is 1. The van der Waals surface area contributed by atoms with E-state index in [0.717, 1.165) is 66.2 Å². The van der Waals surface area contributed by atoms with Gasteiger partial charge in [0.1, 0.15) is 25.6 Å². The fraction of sp³-hybridized carbons (Fsp3) is 0.289. The number of nitriles is 1. The molecule has 6 rings (SSSR count). The van der Waals surface area contributed by atoms with Crippen LogP contribution in [0.15, 0.2) is 72.8 Å². The number of rotatable bonds is 8. The van der Waals surface area contributed by atoms with Gasteiger partial charge in [0.25, 0.3) is 0 Å². The fourth-order valence-corrected chi connectivity index (χ4v) is 5.84. The minimum Gasteiger partial charge on any atom is -0.489 e. The number of hydrogen-bond acceptors (Lipinski definition) is 6.